The second-order valence-electron chi connectivity index (χ2n) is 25.5. The molecule has 0 unspecified atom stereocenters. The summed E-state index contributed by atoms with van der Waals surface area (Å²) in [5, 5.41) is 2.87. The second-order valence-corrected chi connectivity index (χ2v) is 26.9. The normalized spacial score (nSPS) is 11.3. The van der Waals surface area contributed by atoms with Crippen molar-refractivity contribution >= 4 is 11.4 Å². The molecule has 2 rings (SSSR count). The van der Waals surface area contributed by atoms with Crippen molar-refractivity contribution in [2.75, 3.05) is 0 Å². The first-order valence-electron chi connectivity index (χ1n) is 37.4. The van der Waals surface area contributed by atoms with Gasteiger partial charge in [-0.25, -0.2) is 0 Å². The minimum absolute atomic E-state index is 0.750. The molecule has 0 aliphatic carbocycles. The Morgan fingerprint density at radius 2 is 0.738 bits per heavy atom. The number of benzene rings is 2. The summed E-state index contributed by atoms with van der Waals surface area (Å²) in [6.07, 6.45) is 80.3. The van der Waals surface area contributed by atoms with Crippen molar-refractivity contribution in [3.05, 3.63) is 88.0 Å². The third-order valence-electron chi connectivity index (χ3n) is 17.4. The molecule has 484 valence electrons. The fourth-order valence-electron chi connectivity index (χ4n) is 11.8. The van der Waals surface area contributed by atoms with Crippen molar-refractivity contribution in [3.63, 3.8) is 0 Å². The van der Waals surface area contributed by atoms with E-state index in [1.54, 1.807) is 0 Å². The van der Waals surface area contributed by atoms with Gasteiger partial charge in [0.1, 0.15) is 0 Å². The van der Waals surface area contributed by atoms with Crippen LogP contribution in [0.2, 0.25) is 10.8 Å². The van der Waals surface area contributed by atoms with E-state index in [0.29, 0.717) is 0 Å². The van der Waals surface area contributed by atoms with Gasteiger partial charge in [-0.1, -0.05) is 250 Å². The molecule has 2 aromatic rings. The van der Waals surface area contributed by atoms with Gasteiger partial charge in [0, 0.05) is 12.8 Å². The van der Waals surface area contributed by atoms with Crippen LogP contribution in [0.4, 0.5) is 0 Å². The molecule has 0 aliphatic heterocycles. The number of aryl methyl sites for hydroxylation is 2. The van der Waals surface area contributed by atoms with Gasteiger partial charge in [-0.05, 0) is 72.4 Å². The van der Waals surface area contributed by atoms with Crippen molar-refractivity contribution in [1.29, 1.82) is 0 Å². The molecule has 0 atom stereocenters. The van der Waals surface area contributed by atoms with Crippen molar-refractivity contribution in [3.8, 4) is 11.8 Å². The average Bonchev–Trinajstić information content (AvgIpc) is 3.70. The molecule has 2 nitrogen and oxygen atoms in total. The van der Waals surface area contributed by atoms with Gasteiger partial charge in [-0.15, -0.1) is 16.6 Å². The van der Waals surface area contributed by atoms with Gasteiger partial charge in [-0.3, -0.25) is 0 Å². The van der Waals surface area contributed by atoms with Crippen LogP contribution in [0.3, 0.4) is 0 Å². The van der Waals surface area contributed by atoms with Crippen LogP contribution in [0.25, 0.3) is 11.1 Å². The van der Waals surface area contributed by atoms with Crippen LogP contribution in [-0.4, -0.2) is 10.7 Å². The number of hydrogen-bond donors (Lipinski definition) is 0. The van der Waals surface area contributed by atoms with E-state index in [9.17, 15) is 5.53 Å². The first-order valence-corrected chi connectivity index (χ1v) is 38.8. The summed E-state index contributed by atoms with van der Waals surface area (Å²) in [5.41, 5.74) is 16.4. The van der Waals surface area contributed by atoms with E-state index >= 15 is 0 Å². The molecule has 0 saturated heterocycles. The summed E-state index contributed by atoms with van der Waals surface area (Å²) in [6.45, 7) is 11.2. The van der Waals surface area contributed by atoms with E-state index in [2.05, 4.69) is 112 Å². The predicted octanol–water partition coefficient (Wildman–Crippen LogP) is 28.1. The zero-order chi connectivity index (χ0) is 60.4. The van der Waals surface area contributed by atoms with Crippen molar-refractivity contribution < 1.29 is 19.2 Å². The van der Waals surface area contributed by atoms with Crippen LogP contribution in [0.15, 0.2) is 60.2 Å². The Balaban J connectivity index is 0.000000840. The summed E-state index contributed by atoms with van der Waals surface area (Å²) in [6, 6.07) is 17.6. The molecule has 0 spiro atoms. The SMILES string of the molecule is CCCCCCCCCCCCC#CCCCc1ccccc1C(=CC(=C=[N+]=[N-])CC)c1cccc(CCCC)c1.CCCCCCCCCCCCCCCCCCCC[CH2][Ni][CH2]CCCCCCCCCCCCCCCCCCCC. The van der Waals surface area contributed by atoms with Crippen LogP contribution in [0, 0.1) is 11.8 Å². The minimum atomic E-state index is 0.750. The molecular weight excluding hydrogens is 1060 g/mol. The molecule has 0 saturated carbocycles. The van der Waals surface area contributed by atoms with E-state index < -0.39 is 0 Å². The first-order chi connectivity index (χ1) is 41.6. The molecular formula is C81H140N2Ni. The molecule has 0 N–H and O–H groups in total. The number of nitrogens with zero attached hydrogens (tertiary/aromatic N) is 2. The van der Waals surface area contributed by atoms with Crippen LogP contribution in [0.5, 0.6) is 0 Å². The molecule has 0 radical (unpaired) electrons. The van der Waals surface area contributed by atoms with Crippen LogP contribution in [0.1, 0.15) is 404 Å². The maximum absolute atomic E-state index is 9.17. The summed E-state index contributed by atoms with van der Waals surface area (Å²) in [5.74, 6) is 9.63. The molecule has 0 bridgehead atoms. The van der Waals surface area contributed by atoms with Gasteiger partial charge in [0.2, 0.25) is 0 Å². The Morgan fingerprint density at radius 1 is 0.381 bits per heavy atom. The summed E-state index contributed by atoms with van der Waals surface area (Å²) in [4.78, 5) is 3.20. The monoisotopic (exact) mass is 1200 g/mol. The molecule has 2 aromatic carbocycles. The molecule has 84 heavy (non-hydrogen) atoms. The summed E-state index contributed by atoms with van der Waals surface area (Å²) < 4.78 is 0. The number of unbranched alkanes of at least 4 members (excludes halogenated alkanes) is 48. The van der Waals surface area contributed by atoms with Crippen LogP contribution < -0.4 is 0 Å². The fourth-order valence-corrected chi connectivity index (χ4v) is 13.1. The minimum Gasteiger partial charge on any atom is -0.0654 e. The third kappa shape index (κ3) is 52.5. The zero-order valence-corrected chi connectivity index (χ0v) is 57.9. The standard InChI is InChI=1S/C39H54N2.2C21H43.Ni/c1-4-7-9-10-11-12-13-14-15-16-17-18-19-20-21-27-36-28-22-23-30-38(36)39(32-34(6-3)33-41-40)37-29-24-26-35(31-37)25-8-5-2;2*1-3-5-7-9-11-13-15-17-19-21-20-18-16-14-12-10-8-6-4-2;/h22-24,26,28-32H,4-17,20-21,25,27H2,1-3H3;2*1,3-21H2,2H3;. The molecule has 0 fully saturated rings. The predicted molar refractivity (Wildman–Crippen MR) is 375 cm³/mol. The van der Waals surface area contributed by atoms with Gasteiger partial charge in [0.05, 0.1) is 5.57 Å². The van der Waals surface area contributed by atoms with Crippen molar-refractivity contribution in [1.82, 2.24) is 0 Å². The number of rotatable bonds is 60. The Hall–Kier alpha value is -2.61. The smallest absolute Gasteiger partial charge is 0.0654 e. The van der Waals surface area contributed by atoms with E-state index in [-0.39, 0.29) is 0 Å². The maximum atomic E-state index is 9.17. The second kappa shape index (κ2) is 66.3. The fraction of sp³-hybridized carbons (Fsp3) is 0.778. The quantitative estimate of drug-likeness (QED) is 0.0120. The number of allylic oxidation sites excluding steroid dienone is 2. The van der Waals surface area contributed by atoms with Gasteiger partial charge in [0.15, 0.2) is 0 Å². The third-order valence-corrected chi connectivity index (χ3v) is 18.8. The first kappa shape index (κ1) is 79.4. The molecule has 3 heteroatoms. The average molecular weight is 1200 g/mol. The van der Waals surface area contributed by atoms with E-state index in [0.717, 1.165) is 44.1 Å². The van der Waals surface area contributed by atoms with Gasteiger partial charge >= 0.3 is 172 Å². The van der Waals surface area contributed by atoms with E-state index in [4.69, 9.17) is 0 Å². The summed E-state index contributed by atoms with van der Waals surface area (Å²) in [7, 11) is 0. The molecule has 0 aromatic heterocycles. The summed E-state index contributed by atoms with van der Waals surface area (Å²) >= 11 is 2.05. The molecule has 0 amide bonds. The topological polar surface area (TPSA) is 36.4 Å². The van der Waals surface area contributed by atoms with Crippen molar-refractivity contribution in [2.24, 2.45) is 0 Å². The van der Waals surface area contributed by atoms with E-state index in [1.807, 2.05) is 14.4 Å². The Kier molecular flexibility index (Phi) is 62.7. The van der Waals surface area contributed by atoms with Gasteiger partial charge in [-0.2, -0.15) is 0 Å². The molecule has 0 heterocycles. The van der Waals surface area contributed by atoms with E-state index in [1.165, 1.54) is 360 Å². The zero-order valence-electron chi connectivity index (χ0n) is 56.9. The Labute approximate surface area is 532 Å². The Morgan fingerprint density at radius 3 is 1.12 bits per heavy atom. The van der Waals surface area contributed by atoms with Gasteiger partial charge < -0.3 is 5.53 Å². The number of hydrogen-bond acceptors (Lipinski definition) is 0. The van der Waals surface area contributed by atoms with Crippen molar-refractivity contribution in [2.45, 2.75) is 405 Å². The Bertz CT molecular complexity index is 1830. The van der Waals surface area contributed by atoms with Gasteiger partial charge in [0.25, 0.3) is 0 Å². The molecule has 0 aliphatic rings. The van der Waals surface area contributed by atoms with Crippen LogP contribution >= 0.6 is 0 Å². The van der Waals surface area contributed by atoms with Crippen LogP contribution in [-0.2, 0) is 27.3 Å².